The van der Waals surface area contributed by atoms with Crippen molar-refractivity contribution in [2.24, 2.45) is 5.73 Å². The Morgan fingerprint density at radius 3 is 2.83 bits per heavy atom. The monoisotopic (exact) mass is 250 g/mol. The van der Waals surface area contributed by atoms with Crippen molar-refractivity contribution in [1.82, 2.24) is 5.32 Å². The van der Waals surface area contributed by atoms with Gasteiger partial charge in [0.2, 0.25) is 5.91 Å². The minimum absolute atomic E-state index is 0.132. The number of nitrogens with one attached hydrogen (secondary N) is 1. The summed E-state index contributed by atoms with van der Waals surface area (Å²) in [5.41, 5.74) is 6.56. The molecule has 1 aromatic carbocycles. The maximum Gasteiger partial charge on any atom is 0.236 e. The van der Waals surface area contributed by atoms with Gasteiger partial charge < -0.3 is 20.5 Å². The summed E-state index contributed by atoms with van der Waals surface area (Å²) in [6.45, 7) is 3.41. The molecule has 1 atom stereocenters. The Morgan fingerprint density at radius 2 is 2.11 bits per heavy atom. The third-order valence-electron chi connectivity index (χ3n) is 2.73. The van der Waals surface area contributed by atoms with Crippen LogP contribution in [0.5, 0.6) is 11.5 Å². The van der Waals surface area contributed by atoms with Crippen LogP contribution in [0.15, 0.2) is 18.2 Å². The number of benzene rings is 1. The van der Waals surface area contributed by atoms with E-state index < -0.39 is 6.04 Å². The van der Waals surface area contributed by atoms with Crippen LogP contribution in [-0.2, 0) is 11.2 Å². The quantitative estimate of drug-likeness (QED) is 0.814. The van der Waals surface area contributed by atoms with Crippen molar-refractivity contribution in [3.63, 3.8) is 0 Å². The van der Waals surface area contributed by atoms with Gasteiger partial charge in [0.15, 0.2) is 11.5 Å². The second-order valence-corrected chi connectivity index (χ2v) is 4.31. The van der Waals surface area contributed by atoms with Gasteiger partial charge >= 0.3 is 0 Å². The number of amides is 1. The highest BCUT2D eigenvalue weighted by molar-refractivity contribution is 5.80. The maximum absolute atomic E-state index is 11.3. The molecule has 0 aromatic heterocycles. The topological polar surface area (TPSA) is 73.6 Å². The first-order chi connectivity index (χ1) is 8.66. The zero-order valence-corrected chi connectivity index (χ0v) is 10.4. The van der Waals surface area contributed by atoms with Crippen LogP contribution in [0, 0.1) is 0 Å². The molecule has 0 spiro atoms. The van der Waals surface area contributed by atoms with E-state index in [2.05, 4.69) is 5.32 Å². The minimum Gasteiger partial charge on any atom is -0.486 e. The van der Waals surface area contributed by atoms with E-state index >= 15 is 0 Å². The van der Waals surface area contributed by atoms with Crippen LogP contribution in [0.25, 0.3) is 0 Å². The molecule has 0 bridgehead atoms. The number of nitrogens with two attached hydrogens (primary N) is 1. The molecular weight excluding hydrogens is 232 g/mol. The van der Waals surface area contributed by atoms with Crippen molar-refractivity contribution in [1.29, 1.82) is 0 Å². The Labute approximate surface area is 106 Å². The molecule has 0 saturated carbocycles. The van der Waals surface area contributed by atoms with E-state index in [1.54, 1.807) is 6.92 Å². The molecule has 0 radical (unpaired) electrons. The van der Waals surface area contributed by atoms with Gasteiger partial charge in [-0.2, -0.15) is 0 Å². The fraction of sp³-hybridized carbons (Fsp3) is 0.462. The van der Waals surface area contributed by atoms with Gasteiger partial charge in [-0.1, -0.05) is 6.07 Å². The van der Waals surface area contributed by atoms with Crippen molar-refractivity contribution < 1.29 is 14.3 Å². The third kappa shape index (κ3) is 3.13. The van der Waals surface area contributed by atoms with Gasteiger partial charge in [-0.3, -0.25) is 4.79 Å². The van der Waals surface area contributed by atoms with Crippen LogP contribution in [0.2, 0.25) is 0 Å². The van der Waals surface area contributed by atoms with Gasteiger partial charge in [0.25, 0.3) is 0 Å². The van der Waals surface area contributed by atoms with Gasteiger partial charge in [-0.25, -0.2) is 0 Å². The molecule has 18 heavy (non-hydrogen) atoms. The molecule has 2 rings (SSSR count). The van der Waals surface area contributed by atoms with Gasteiger partial charge in [-0.05, 0) is 31.0 Å². The summed E-state index contributed by atoms with van der Waals surface area (Å²) < 4.78 is 10.9. The van der Waals surface area contributed by atoms with Gasteiger partial charge in [0.05, 0.1) is 6.04 Å². The average molecular weight is 250 g/mol. The number of hydrogen-bond acceptors (Lipinski definition) is 4. The lowest BCUT2D eigenvalue weighted by Gasteiger charge is -2.19. The predicted molar refractivity (Wildman–Crippen MR) is 67.8 cm³/mol. The fourth-order valence-corrected chi connectivity index (χ4v) is 1.73. The van der Waals surface area contributed by atoms with E-state index in [1.807, 2.05) is 18.2 Å². The molecule has 0 aliphatic carbocycles. The maximum atomic E-state index is 11.3. The molecule has 0 fully saturated rings. The summed E-state index contributed by atoms with van der Waals surface area (Å²) in [4.78, 5) is 11.3. The Kier molecular flexibility index (Phi) is 4.04. The summed E-state index contributed by atoms with van der Waals surface area (Å²) in [5, 5.41) is 2.77. The fourth-order valence-electron chi connectivity index (χ4n) is 1.73. The lowest BCUT2D eigenvalue weighted by Crippen LogP contribution is -2.39. The van der Waals surface area contributed by atoms with E-state index in [0.717, 1.165) is 23.5 Å². The first kappa shape index (κ1) is 12.7. The van der Waals surface area contributed by atoms with Crippen molar-refractivity contribution in [3.05, 3.63) is 23.8 Å². The van der Waals surface area contributed by atoms with Crippen LogP contribution >= 0.6 is 0 Å². The highest BCUT2D eigenvalue weighted by Crippen LogP contribution is 2.30. The molecule has 1 unspecified atom stereocenters. The molecular formula is C13H18N2O3. The smallest absolute Gasteiger partial charge is 0.236 e. The normalized spacial score (nSPS) is 15.0. The highest BCUT2D eigenvalue weighted by atomic mass is 16.6. The molecule has 3 N–H and O–H groups in total. The SMILES string of the molecule is CC(N)C(=O)NCCc1ccc2c(c1)OCCO2. The average Bonchev–Trinajstić information content (AvgIpc) is 2.38. The minimum atomic E-state index is -0.467. The third-order valence-corrected chi connectivity index (χ3v) is 2.73. The highest BCUT2D eigenvalue weighted by Gasteiger charge is 2.12. The Balaban J connectivity index is 1.88. The second kappa shape index (κ2) is 5.73. The number of fused-ring (bicyclic) bond motifs is 1. The Hall–Kier alpha value is -1.75. The summed E-state index contributed by atoms with van der Waals surface area (Å²) in [7, 11) is 0. The predicted octanol–water partition coefficient (Wildman–Crippen LogP) is 0.464. The van der Waals surface area contributed by atoms with Crippen LogP contribution < -0.4 is 20.5 Å². The zero-order chi connectivity index (χ0) is 13.0. The first-order valence-electron chi connectivity index (χ1n) is 6.08. The molecule has 1 amide bonds. The molecule has 1 heterocycles. The van der Waals surface area contributed by atoms with E-state index in [9.17, 15) is 4.79 Å². The number of hydrogen-bond donors (Lipinski definition) is 2. The van der Waals surface area contributed by atoms with E-state index in [1.165, 1.54) is 0 Å². The number of carbonyl (C=O) groups excluding carboxylic acids is 1. The first-order valence-corrected chi connectivity index (χ1v) is 6.08. The van der Waals surface area contributed by atoms with Crippen LogP contribution in [-0.4, -0.2) is 31.7 Å². The van der Waals surface area contributed by atoms with Gasteiger partial charge in [0, 0.05) is 6.54 Å². The lowest BCUT2D eigenvalue weighted by atomic mass is 10.1. The second-order valence-electron chi connectivity index (χ2n) is 4.31. The van der Waals surface area contributed by atoms with Gasteiger partial charge in [0.1, 0.15) is 13.2 Å². The molecule has 1 aromatic rings. The Morgan fingerprint density at radius 1 is 1.39 bits per heavy atom. The molecule has 0 saturated heterocycles. The number of ether oxygens (including phenoxy) is 2. The lowest BCUT2D eigenvalue weighted by molar-refractivity contribution is -0.121. The summed E-state index contributed by atoms with van der Waals surface area (Å²) >= 11 is 0. The zero-order valence-electron chi connectivity index (χ0n) is 10.4. The summed E-state index contributed by atoms with van der Waals surface area (Å²) in [5.74, 6) is 1.43. The standard InChI is InChI=1S/C13H18N2O3/c1-9(14)13(16)15-5-4-10-2-3-11-12(8-10)18-7-6-17-11/h2-3,8-9H,4-7,14H2,1H3,(H,15,16). The van der Waals surface area contributed by atoms with Crippen molar-refractivity contribution >= 4 is 5.91 Å². The number of rotatable bonds is 4. The van der Waals surface area contributed by atoms with Crippen molar-refractivity contribution in [2.75, 3.05) is 19.8 Å². The molecule has 5 heteroatoms. The summed E-state index contributed by atoms with van der Waals surface area (Å²) in [6, 6.07) is 5.36. The molecule has 5 nitrogen and oxygen atoms in total. The van der Waals surface area contributed by atoms with E-state index in [0.29, 0.717) is 19.8 Å². The van der Waals surface area contributed by atoms with E-state index in [4.69, 9.17) is 15.2 Å². The summed E-state index contributed by atoms with van der Waals surface area (Å²) in [6.07, 6.45) is 0.745. The van der Waals surface area contributed by atoms with E-state index in [-0.39, 0.29) is 5.91 Å². The van der Waals surface area contributed by atoms with Crippen molar-refractivity contribution in [2.45, 2.75) is 19.4 Å². The molecule has 1 aliphatic rings. The number of carbonyl (C=O) groups is 1. The van der Waals surface area contributed by atoms with Crippen LogP contribution in [0.1, 0.15) is 12.5 Å². The van der Waals surface area contributed by atoms with Crippen LogP contribution in [0.4, 0.5) is 0 Å². The van der Waals surface area contributed by atoms with Crippen LogP contribution in [0.3, 0.4) is 0 Å². The Bertz CT molecular complexity index is 432. The molecule has 98 valence electrons. The largest absolute Gasteiger partial charge is 0.486 e. The molecule has 1 aliphatic heterocycles. The van der Waals surface area contributed by atoms with Gasteiger partial charge in [-0.15, -0.1) is 0 Å². The van der Waals surface area contributed by atoms with Crippen molar-refractivity contribution in [3.8, 4) is 11.5 Å².